The van der Waals surface area contributed by atoms with E-state index in [1.165, 1.54) is 24.9 Å². The Morgan fingerprint density at radius 3 is 2.48 bits per heavy atom. The van der Waals surface area contributed by atoms with E-state index < -0.39 is 0 Å². The molecule has 5 heteroatoms. The van der Waals surface area contributed by atoms with Crippen LogP contribution < -0.4 is 4.90 Å². The molecule has 0 atom stereocenters. The Hall–Kier alpha value is -1.88. The maximum Gasteiger partial charge on any atom is 0.265 e. The molecule has 0 N–H and O–H groups in total. The van der Waals surface area contributed by atoms with Gasteiger partial charge >= 0.3 is 0 Å². The van der Waals surface area contributed by atoms with Crippen LogP contribution in [0.2, 0.25) is 0 Å². The van der Waals surface area contributed by atoms with Gasteiger partial charge in [-0.1, -0.05) is 26.0 Å². The fourth-order valence-corrected chi connectivity index (χ4v) is 4.84. The monoisotopic (exact) mass is 385 g/mol. The van der Waals surface area contributed by atoms with E-state index in [9.17, 15) is 4.79 Å². The normalized spacial score (nSPS) is 14.6. The maximum atomic E-state index is 12.9. The Balaban J connectivity index is 1.63. The van der Waals surface area contributed by atoms with Gasteiger partial charge in [0.1, 0.15) is 4.88 Å². The molecule has 0 aliphatic carbocycles. The maximum absolute atomic E-state index is 12.9. The molecule has 0 unspecified atom stereocenters. The van der Waals surface area contributed by atoms with Crippen molar-refractivity contribution < 1.29 is 4.79 Å². The highest BCUT2D eigenvalue weighted by molar-refractivity contribution is 7.13. The zero-order chi connectivity index (χ0) is 19.4. The summed E-state index contributed by atoms with van der Waals surface area (Å²) in [6, 6.07) is 8.68. The van der Waals surface area contributed by atoms with E-state index in [0.29, 0.717) is 12.5 Å². The van der Waals surface area contributed by atoms with E-state index in [2.05, 4.69) is 48.0 Å². The number of carbonyl (C=O) groups is 1. The minimum Gasteiger partial charge on any atom is -0.372 e. The van der Waals surface area contributed by atoms with E-state index in [1.54, 1.807) is 16.2 Å². The minimum absolute atomic E-state index is 0.0695. The van der Waals surface area contributed by atoms with E-state index >= 15 is 0 Å². The topological polar surface area (TPSA) is 36.4 Å². The Bertz CT molecular complexity index is 760. The average molecular weight is 386 g/mol. The van der Waals surface area contributed by atoms with Crippen LogP contribution in [0, 0.1) is 12.8 Å². The summed E-state index contributed by atoms with van der Waals surface area (Å²) in [6.07, 6.45) is 4.84. The molecule has 1 aromatic carbocycles. The number of thiazole rings is 1. The van der Waals surface area contributed by atoms with Crippen molar-refractivity contribution >= 4 is 22.9 Å². The summed E-state index contributed by atoms with van der Waals surface area (Å²) in [5.41, 5.74) is 3.31. The Kier molecular flexibility index (Phi) is 6.53. The van der Waals surface area contributed by atoms with Crippen LogP contribution in [0.1, 0.15) is 59.0 Å². The lowest BCUT2D eigenvalue weighted by atomic mass is 10.1. The zero-order valence-corrected chi connectivity index (χ0v) is 17.8. The van der Waals surface area contributed by atoms with Gasteiger partial charge in [-0.2, -0.15) is 0 Å². The summed E-state index contributed by atoms with van der Waals surface area (Å²) in [7, 11) is 1.88. The van der Waals surface area contributed by atoms with Gasteiger partial charge in [0.25, 0.3) is 5.91 Å². The highest BCUT2D eigenvalue weighted by Crippen LogP contribution is 2.24. The zero-order valence-electron chi connectivity index (χ0n) is 17.0. The number of benzene rings is 1. The largest absolute Gasteiger partial charge is 0.372 e. The number of rotatable bonds is 6. The molecule has 1 fully saturated rings. The van der Waals surface area contributed by atoms with Gasteiger partial charge in [-0.15, -0.1) is 11.3 Å². The van der Waals surface area contributed by atoms with E-state index in [4.69, 9.17) is 0 Å². The summed E-state index contributed by atoms with van der Waals surface area (Å²) < 4.78 is 0. The second-order valence-electron chi connectivity index (χ2n) is 8.00. The molecular weight excluding hydrogens is 354 g/mol. The standard InChI is InChI=1S/C22H31N3OS/c1-16(2)14-20-23-17(3)21(27-20)22(26)24(4)15-18-8-10-19(11-9-18)25-12-6-5-7-13-25/h8-11,16H,5-7,12-15H2,1-4H3. The number of anilines is 1. The van der Waals surface area contributed by atoms with Crippen molar-refractivity contribution in [2.75, 3.05) is 25.0 Å². The Morgan fingerprint density at radius 2 is 1.85 bits per heavy atom. The van der Waals surface area contributed by atoms with Gasteiger partial charge in [-0.3, -0.25) is 4.79 Å². The van der Waals surface area contributed by atoms with Crippen molar-refractivity contribution in [2.24, 2.45) is 5.92 Å². The lowest BCUT2D eigenvalue weighted by Gasteiger charge is -2.29. The van der Waals surface area contributed by atoms with Crippen LogP contribution in [0.4, 0.5) is 5.69 Å². The number of hydrogen-bond donors (Lipinski definition) is 0. The summed E-state index contributed by atoms with van der Waals surface area (Å²) in [5, 5.41) is 1.06. The number of carbonyl (C=O) groups excluding carboxylic acids is 1. The summed E-state index contributed by atoms with van der Waals surface area (Å²) in [5.74, 6) is 0.620. The molecular formula is C22H31N3OS. The Morgan fingerprint density at radius 1 is 1.19 bits per heavy atom. The second kappa shape index (κ2) is 8.87. The van der Waals surface area contributed by atoms with Crippen molar-refractivity contribution in [1.29, 1.82) is 0 Å². The number of hydrogen-bond acceptors (Lipinski definition) is 4. The molecule has 1 aliphatic rings. The molecule has 0 radical (unpaired) electrons. The van der Waals surface area contributed by atoms with Crippen molar-refractivity contribution in [1.82, 2.24) is 9.88 Å². The molecule has 1 saturated heterocycles. The molecule has 27 heavy (non-hydrogen) atoms. The molecule has 1 aliphatic heterocycles. The van der Waals surface area contributed by atoms with Gasteiger partial charge in [0.2, 0.25) is 0 Å². The third-order valence-electron chi connectivity index (χ3n) is 5.04. The molecule has 4 nitrogen and oxygen atoms in total. The first-order valence-corrected chi connectivity index (χ1v) is 10.8. The van der Waals surface area contributed by atoms with Gasteiger partial charge in [0.15, 0.2) is 0 Å². The van der Waals surface area contributed by atoms with Crippen LogP contribution in [0.3, 0.4) is 0 Å². The first-order chi connectivity index (χ1) is 12.9. The predicted molar refractivity (Wildman–Crippen MR) is 114 cm³/mol. The van der Waals surface area contributed by atoms with Gasteiger partial charge < -0.3 is 9.80 Å². The fraction of sp³-hybridized carbons (Fsp3) is 0.545. The summed E-state index contributed by atoms with van der Waals surface area (Å²) in [4.78, 5) is 22.5. The van der Waals surface area contributed by atoms with Crippen LogP contribution in [-0.2, 0) is 13.0 Å². The van der Waals surface area contributed by atoms with Gasteiger partial charge in [0.05, 0.1) is 10.7 Å². The SMILES string of the molecule is Cc1nc(CC(C)C)sc1C(=O)N(C)Cc1ccc(N2CCCCC2)cc1. The fourth-order valence-electron chi connectivity index (χ4n) is 3.57. The van der Waals surface area contributed by atoms with Gasteiger partial charge in [0, 0.05) is 38.8 Å². The van der Waals surface area contributed by atoms with Crippen LogP contribution >= 0.6 is 11.3 Å². The molecule has 1 amide bonds. The molecule has 2 aromatic rings. The van der Waals surface area contributed by atoms with Gasteiger partial charge in [-0.25, -0.2) is 4.98 Å². The number of aryl methyl sites for hydroxylation is 1. The number of aromatic nitrogens is 1. The highest BCUT2D eigenvalue weighted by atomic mass is 32.1. The third kappa shape index (κ3) is 5.10. The molecule has 3 rings (SSSR count). The predicted octanol–water partition coefficient (Wildman–Crippen LogP) is 4.91. The minimum atomic E-state index is 0.0695. The van der Waals surface area contributed by atoms with E-state index in [0.717, 1.165) is 40.7 Å². The van der Waals surface area contributed by atoms with Crippen LogP contribution in [0.5, 0.6) is 0 Å². The second-order valence-corrected chi connectivity index (χ2v) is 9.08. The first kappa shape index (κ1) is 19.9. The van der Waals surface area contributed by atoms with E-state index in [1.807, 2.05) is 14.0 Å². The number of piperidine rings is 1. The molecule has 0 bridgehead atoms. The summed E-state index contributed by atoms with van der Waals surface area (Å²) in [6.45, 7) is 9.22. The smallest absolute Gasteiger partial charge is 0.265 e. The first-order valence-electron chi connectivity index (χ1n) is 9.99. The van der Waals surface area contributed by atoms with Crippen LogP contribution in [-0.4, -0.2) is 35.9 Å². The van der Waals surface area contributed by atoms with Crippen molar-refractivity contribution in [3.05, 3.63) is 45.4 Å². The third-order valence-corrected chi connectivity index (χ3v) is 6.21. The quantitative estimate of drug-likeness (QED) is 0.709. The molecule has 0 spiro atoms. The van der Waals surface area contributed by atoms with Crippen molar-refractivity contribution in [3.8, 4) is 0 Å². The lowest BCUT2D eigenvalue weighted by Crippen LogP contribution is -2.29. The molecule has 2 heterocycles. The summed E-state index contributed by atoms with van der Waals surface area (Å²) >= 11 is 1.55. The molecule has 146 valence electrons. The molecule has 1 aromatic heterocycles. The van der Waals surface area contributed by atoms with Crippen LogP contribution in [0.15, 0.2) is 24.3 Å². The average Bonchev–Trinajstić information content (AvgIpc) is 3.01. The highest BCUT2D eigenvalue weighted by Gasteiger charge is 2.19. The Labute approximate surface area is 167 Å². The van der Waals surface area contributed by atoms with Crippen molar-refractivity contribution in [2.45, 2.75) is 53.0 Å². The molecule has 0 saturated carbocycles. The van der Waals surface area contributed by atoms with Crippen molar-refractivity contribution in [3.63, 3.8) is 0 Å². The number of amides is 1. The van der Waals surface area contributed by atoms with Gasteiger partial charge in [-0.05, 0) is 49.8 Å². The lowest BCUT2D eigenvalue weighted by molar-refractivity contribution is 0.0789. The number of nitrogens with zero attached hydrogens (tertiary/aromatic N) is 3. The van der Waals surface area contributed by atoms with Crippen LogP contribution in [0.25, 0.3) is 0 Å². The van der Waals surface area contributed by atoms with E-state index in [-0.39, 0.29) is 5.91 Å².